The lowest BCUT2D eigenvalue weighted by Gasteiger charge is -2.08. The molecule has 2 rings (SSSR count). The van der Waals surface area contributed by atoms with Gasteiger partial charge < -0.3 is 9.57 Å². The second kappa shape index (κ2) is 8.48. The topological polar surface area (TPSA) is 47.9 Å². The van der Waals surface area contributed by atoms with Crippen molar-refractivity contribution in [3.63, 3.8) is 0 Å². The second-order valence-electron chi connectivity index (χ2n) is 5.17. The van der Waals surface area contributed by atoms with E-state index < -0.39 is 10.8 Å². The van der Waals surface area contributed by atoms with Crippen LogP contribution in [0.3, 0.4) is 0 Å². The molecule has 0 saturated heterocycles. The van der Waals surface area contributed by atoms with Crippen LogP contribution in [0.25, 0.3) is 0 Å². The predicted molar refractivity (Wildman–Crippen MR) is 93.6 cm³/mol. The van der Waals surface area contributed by atoms with Crippen molar-refractivity contribution in [3.8, 4) is 5.75 Å². The maximum atomic E-state index is 12.5. The minimum Gasteiger partial charge on any atom is -0.497 e. The van der Waals surface area contributed by atoms with E-state index in [1.165, 1.54) is 7.11 Å². The Morgan fingerprint density at radius 3 is 2.26 bits per heavy atom. The molecular weight excluding hydrogens is 310 g/mol. The lowest BCUT2D eigenvalue weighted by molar-refractivity contribution is 0.212. The Kier molecular flexibility index (Phi) is 6.35. The summed E-state index contributed by atoms with van der Waals surface area (Å²) in [6.07, 6.45) is 0.593. The van der Waals surface area contributed by atoms with E-state index in [0.717, 1.165) is 27.5 Å². The fourth-order valence-electron chi connectivity index (χ4n) is 2.14. The summed E-state index contributed by atoms with van der Waals surface area (Å²) < 4.78 is 17.6. The molecule has 2 aromatic carbocycles. The van der Waals surface area contributed by atoms with Crippen LogP contribution in [-0.2, 0) is 22.1 Å². The standard InChI is InChI=1S/C18H21NO3S/c1-14-4-10-18(11-5-14)23(20)13-16(19-22-3)12-15-6-8-17(21-2)9-7-15/h4-11H,12-13H2,1-3H3/b19-16+/t23-/m1/s1. The molecule has 0 spiro atoms. The zero-order chi connectivity index (χ0) is 16.7. The van der Waals surface area contributed by atoms with Gasteiger partial charge in [0.2, 0.25) is 0 Å². The molecular formula is C18H21NO3S. The number of rotatable bonds is 7. The number of benzene rings is 2. The summed E-state index contributed by atoms with van der Waals surface area (Å²) in [5.41, 5.74) is 2.97. The predicted octanol–water partition coefficient (Wildman–Crippen LogP) is 3.36. The van der Waals surface area contributed by atoms with Gasteiger partial charge in [-0.25, -0.2) is 0 Å². The number of methoxy groups -OCH3 is 1. The summed E-state index contributed by atoms with van der Waals surface area (Å²) in [6.45, 7) is 2.01. The summed E-state index contributed by atoms with van der Waals surface area (Å²) in [5, 5.41) is 4.04. The van der Waals surface area contributed by atoms with Gasteiger partial charge in [-0.3, -0.25) is 4.21 Å². The van der Waals surface area contributed by atoms with E-state index in [2.05, 4.69) is 5.16 Å². The Morgan fingerprint density at radius 2 is 1.70 bits per heavy atom. The Morgan fingerprint density at radius 1 is 1.04 bits per heavy atom. The average molecular weight is 331 g/mol. The highest BCUT2D eigenvalue weighted by molar-refractivity contribution is 7.85. The van der Waals surface area contributed by atoms with Gasteiger partial charge in [-0.1, -0.05) is 35.0 Å². The van der Waals surface area contributed by atoms with Crippen LogP contribution < -0.4 is 4.74 Å². The molecule has 0 N–H and O–H groups in total. The van der Waals surface area contributed by atoms with Crippen LogP contribution >= 0.6 is 0 Å². The van der Waals surface area contributed by atoms with E-state index in [1.54, 1.807) is 7.11 Å². The van der Waals surface area contributed by atoms with Gasteiger partial charge in [-0.15, -0.1) is 0 Å². The quantitative estimate of drug-likeness (QED) is 0.577. The molecule has 23 heavy (non-hydrogen) atoms. The third-order valence-electron chi connectivity index (χ3n) is 3.37. The monoisotopic (exact) mass is 331 g/mol. The van der Waals surface area contributed by atoms with Crippen LogP contribution in [0.15, 0.2) is 58.6 Å². The molecule has 0 aliphatic carbocycles. The fourth-order valence-corrected chi connectivity index (χ4v) is 3.21. The van der Waals surface area contributed by atoms with Gasteiger partial charge in [0.05, 0.1) is 29.4 Å². The maximum absolute atomic E-state index is 12.5. The zero-order valence-electron chi connectivity index (χ0n) is 13.6. The molecule has 0 aromatic heterocycles. The average Bonchev–Trinajstić information content (AvgIpc) is 2.56. The van der Waals surface area contributed by atoms with Crippen LogP contribution in [0.4, 0.5) is 0 Å². The van der Waals surface area contributed by atoms with E-state index in [-0.39, 0.29) is 0 Å². The first-order valence-electron chi connectivity index (χ1n) is 7.29. The molecule has 0 unspecified atom stereocenters. The van der Waals surface area contributed by atoms with Gasteiger partial charge in [-0.05, 0) is 36.8 Å². The van der Waals surface area contributed by atoms with Crippen molar-refractivity contribution in [2.45, 2.75) is 18.2 Å². The summed E-state index contributed by atoms with van der Waals surface area (Å²) >= 11 is 0. The largest absolute Gasteiger partial charge is 0.497 e. The van der Waals surface area contributed by atoms with Crippen molar-refractivity contribution in [3.05, 3.63) is 59.7 Å². The zero-order valence-corrected chi connectivity index (χ0v) is 14.4. The van der Waals surface area contributed by atoms with Gasteiger partial charge in [-0.2, -0.15) is 0 Å². The van der Waals surface area contributed by atoms with E-state index >= 15 is 0 Å². The third kappa shape index (κ3) is 5.21. The van der Waals surface area contributed by atoms with Crippen molar-refractivity contribution >= 4 is 16.5 Å². The van der Waals surface area contributed by atoms with Gasteiger partial charge >= 0.3 is 0 Å². The molecule has 2 aromatic rings. The molecule has 0 amide bonds. The Bertz CT molecular complexity index is 678. The summed E-state index contributed by atoms with van der Waals surface area (Å²) in [4.78, 5) is 5.71. The molecule has 5 heteroatoms. The molecule has 0 aliphatic heterocycles. The highest BCUT2D eigenvalue weighted by Gasteiger charge is 2.11. The minimum atomic E-state index is -1.14. The smallest absolute Gasteiger partial charge is 0.118 e. The summed E-state index contributed by atoms with van der Waals surface area (Å²) in [7, 11) is 2.00. The van der Waals surface area contributed by atoms with E-state index in [4.69, 9.17) is 9.57 Å². The SMILES string of the molecule is CO/N=C(\Cc1ccc(OC)cc1)C[S@@](=O)c1ccc(C)cc1. The van der Waals surface area contributed by atoms with E-state index in [9.17, 15) is 4.21 Å². The number of oxime groups is 1. The van der Waals surface area contributed by atoms with Crippen molar-refractivity contribution in [1.29, 1.82) is 0 Å². The number of nitrogens with zero attached hydrogens (tertiary/aromatic N) is 1. The number of aryl methyl sites for hydroxylation is 1. The lowest BCUT2D eigenvalue weighted by Crippen LogP contribution is -2.14. The van der Waals surface area contributed by atoms with Crippen LogP contribution in [0, 0.1) is 6.92 Å². The normalized spacial score (nSPS) is 12.7. The molecule has 0 fully saturated rings. The number of ether oxygens (including phenoxy) is 1. The van der Waals surface area contributed by atoms with Crippen molar-refractivity contribution in [2.24, 2.45) is 5.16 Å². The van der Waals surface area contributed by atoms with Crippen molar-refractivity contribution in [1.82, 2.24) is 0 Å². The summed E-state index contributed by atoms with van der Waals surface area (Å²) in [5.74, 6) is 1.16. The van der Waals surface area contributed by atoms with E-state index in [1.807, 2.05) is 55.5 Å². The van der Waals surface area contributed by atoms with Crippen molar-refractivity contribution in [2.75, 3.05) is 20.0 Å². The number of hydrogen-bond acceptors (Lipinski definition) is 4. The van der Waals surface area contributed by atoms with Gasteiger partial charge in [0.15, 0.2) is 0 Å². The molecule has 122 valence electrons. The van der Waals surface area contributed by atoms with Crippen LogP contribution in [0.2, 0.25) is 0 Å². The van der Waals surface area contributed by atoms with Crippen molar-refractivity contribution < 1.29 is 13.8 Å². The Balaban J connectivity index is 2.07. The molecule has 0 bridgehead atoms. The first-order valence-corrected chi connectivity index (χ1v) is 8.61. The molecule has 4 nitrogen and oxygen atoms in total. The highest BCUT2D eigenvalue weighted by atomic mass is 32.2. The molecule has 0 aliphatic rings. The third-order valence-corrected chi connectivity index (χ3v) is 4.76. The highest BCUT2D eigenvalue weighted by Crippen LogP contribution is 2.14. The van der Waals surface area contributed by atoms with Crippen LogP contribution in [-0.4, -0.2) is 29.9 Å². The fraction of sp³-hybridized carbons (Fsp3) is 0.278. The Hall–Kier alpha value is -2.14. The molecule has 0 heterocycles. The van der Waals surface area contributed by atoms with Crippen LogP contribution in [0.1, 0.15) is 11.1 Å². The lowest BCUT2D eigenvalue weighted by atomic mass is 10.1. The van der Waals surface area contributed by atoms with Crippen LogP contribution in [0.5, 0.6) is 5.75 Å². The van der Waals surface area contributed by atoms with Gasteiger partial charge in [0.25, 0.3) is 0 Å². The first-order chi connectivity index (χ1) is 11.1. The minimum absolute atomic E-state index is 0.350. The Labute approximate surface area is 139 Å². The van der Waals surface area contributed by atoms with Gasteiger partial charge in [0.1, 0.15) is 12.9 Å². The van der Waals surface area contributed by atoms with E-state index in [0.29, 0.717) is 12.2 Å². The number of hydrogen-bond donors (Lipinski definition) is 0. The molecule has 0 radical (unpaired) electrons. The molecule has 0 saturated carbocycles. The van der Waals surface area contributed by atoms with Gasteiger partial charge in [0, 0.05) is 11.3 Å². The first kappa shape index (κ1) is 17.2. The maximum Gasteiger partial charge on any atom is 0.118 e. The summed E-state index contributed by atoms with van der Waals surface area (Å²) in [6, 6.07) is 15.4. The second-order valence-corrected chi connectivity index (χ2v) is 6.62. The molecule has 1 atom stereocenters.